The molecule has 1 aliphatic heterocycles. The molecule has 2 rings (SSSR count). The first-order valence-electron chi connectivity index (χ1n) is 7.38. The van der Waals surface area contributed by atoms with Gasteiger partial charge >= 0.3 is 6.09 Å². The highest BCUT2D eigenvalue weighted by Crippen LogP contribution is 2.21. The maximum absolute atomic E-state index is 12.2. The van der Waals surface area contributed by atoms with E-state index >= 15 is 0 Å². The van der Waals surface area contributed by atoms with Gasteiger partial charge in [-0.15, -0.1) is 0 Å². The van der Waals surface area contributed by atoms with Crippen LogP contribution in [0.2, 0.25) is 0 Å². The second-order valence-corrected chi connectivity index (χ2v) is 6.37. The second kappa shape index (κ2) is 6.28. The van der Waals surface area contributed by atoms with E-state index in [1.807, 2.05) is 33.8 Å². The summed E-state index contributed by atoms with van der Waals surface area (Å²) in [5, 5.41) is 3.20. The van der Waals surface area contributed by atoms with Crippen LogP contribution >= 0.6 is 0 Å². The third kappa shape index (κ3) is 4.58. The minimum atomic E-state index is -0.461. The summed E-state index contributed by atoms with van der Waals surface area (Å²) >= 11 is 0. The number of rotatable bonds is 3. The van der Waals surface area contributed by atoms with E-state index in [-0.39, 0.29) is 12.1 Å². The minimum absolute atomic E-state index is 0.129. The van der Waals surface area contributed by atoms with E-state index in [9.17, 15) is 4.79 Å². The first-order valence-corrected chi connectivity index (χ1v) is 7.38. The van der Waals surface area contributed by atoms with Gasteiger partial charge in [-0.2, -0.15) is 0 Å². The van der Waals surface area contributed by atoms with Gasteiger partial charge < -0.3 is 15.0 Å². The molecule has 0 radical (unpaired) electrons. The third-order valence-electron chi connectivity index (χ3n) is 3.30. The van der Waals surface area contributed by atoms with E-state index in [2.05, 4.69) is 15.3 Å². The van der Waals surface area contributed by atoms with Crippen LogP contribution in [0, 0.1) is 6.92 Å². The molecule has 1 aromatic heterocycles. The van der Waals surface area contributed by atoms with Crippen molar-refractivity contribution in [2.75, 3.05) is 18.4 Å². The number of aryl methyl sites for hydroxylation is 1. The Balaban J connectivity index is 1.91. The van der Waals surface area contributed by atoms with Gasteiger partial charge in [0.05, 0.1) is 6.04 Å². The first kappa shape index (κ1) is 15.5. The smallest absolute Gasteiger partial charge is 0.410 e. The summed E-state index contributed by atoms with van der Waals surface area (Å²) in [6.45, 7) is 8.96. The van der Waals surface area contributed by atoms with Crippen molar-refractivity contribution in [1.29, 1.82) is 0 Å². The molecule has 1 amide bonds. The molecule has 0 aliphatic carbocycles. The molecule has 116 valence electrons. The molecule has 0 bridgehead atoms. The Bertz CT molecular complexity index is 499. The summed E-state index contributed by atoms with van der Waals surface area (Å²) in [6.07, 6.45) is 3.46. The summed E-state index contributed by atoms with van der Waals surface area (Å²) in [4.78, 5) is 22.5. The van der Waals surface area contributed by atoms with Crippen LogP contribution in [0.4, 0.5) is 10.7 Å². The number of likely N-dealkylation sites (tertiary alicyclic amines) is 1. The predicted octanol–water partition coefficient (Wildman–Crippen LogP) is 2.60. The van der Waals surface area contributed by atoms with Crippen molar-refractivity contribution in [3.63, 3.8) is 0 Å². The molecule has 0 saturated carbocycles. The predicted molar refractivity (Wildman–Crippen MR) is 81.2 cm³/mol. The number of nitrogens with one attached hydrogen (secondary N) is 1. The van der Waals surface area contributed by atoms with Crippen molar-refractivity contribution in [3.8, 4) is 0 Å². The fourth-order valence-electron chi connectivity index (χ4n) is 2.35. The number of nitrogens with zero attached hydrogens (tertiary/aromatic N) is 3. The van der Waals surface area contributed by atoms with Crippen molar-refractivity contribution in [2.24, 2.45) is 0 Å². The van der Waals surface area contributed by atoms with Crippen molar-refractivity contribution in [2.45, 2.75) is 52.2 Å². The average molecular weight is 292 g/mol. The highest BCUT2D eigenvalue weighted by molar-refractivity contribution is 5.69. The van der Waals surface area contributed by atoms with Crippen molar-refractivity contribution in [1.82, 2.24) is 14.9 Å². The van der Waals surface area contributed by atoms with Crippen molar-refractivity contribution < 1.29 is 9.53 Å². The number of hydrogen-bond donors (Lipinski definition) is 1. The van der Waals surface area contributed by atoms with E-state index in [0.717, 1.165) is 25.1 Å². The molecule has 1 fully saturated rings. The SMILES string of the molecule is Cc1ccnc(NC[C@H]2CCCN2C(=O)OC(C)(C)C)n1. The summed E-state index contributed by atoms with van der Waals surface area (Å²) < 4.78 is 5.45. The van der Waals surface area contributed by atoms with Crippen LogP contribution in [0.5, 0.6) is 0 Å². The van der Waals surface area contributed by atoms with Crippen LogP contribution in [0.1, 0.15) is 39.3 Å². The minimum Gasteiger partial charge on any atom is -0.444 e. The third-order valence-corrected chi connectivity index (χ3v) is 3.30. The van der Waals surface area contributed by atoms with Crippen LogP contribution in [0.3, 0.4) is 0 Å². The van der Waals surface area contributed by atoms with Gasteiger partial charge in [-0.25, -0.2) is 14.8 Å². The number of carbonyl (C=O) groups is 1. The molecule has 1 aliphatic rings. The largest absolute Gasteiger partial charge is 0.444 e. The van der Waals surface area contributed by atoms with Crippen LogP contribution in [-0.2, 0) is 4.74 Å². The normalized spacial score (nSPS) is 18.7. The molecule has 1 N–H and O–H groups in total. The first-order chi connectivity index (χ1) is 9.85. The number of hydrogen-bond acceptors (Lipinski definition) is 5. The number of aromatic nitrogens is 2. The summed E-state index contributed by atoms with van der Waals surface area (Å²) in [6, 6.07) is 1.98. The van der Waals surface area contributed by atoms with Crippen LogP contribution < -0.4 is 5.32 Å². The molecule has 21 heavy (non-hydrogen) atoms. The molecule has 0 aromatic carbocycles. The van der Waals surface area contributed by atoms with Gasteiger partial charge in [0.25, 0.3) is 0 Å². The zero-order valence-corrected chi connectivity index (χ0v) is 13.2. The van der Waals surface area contributed by atoms with Crippen LogP contribution in [-0.4, -0.2) is 45.7 Å². The van der Waals surface area contributed by atoms with Gasteiger partial charge in [-0.05, 0) is 46.6 Å². The molecule has 2 heterocycles. The molecule has 6 heteroatoms. The second-order valence-electron chi connectivity index (χ2n) is 6.37. The maximum Gasteiger partial charge on any atom is 0.410 e. The Morgan fingerprint density at radius 1 is 1.52 bits per heavy atom. The Labute approximate surface area is 125 Å². The van der Waals surface area contributed by atoms with Crippen LogP contribution in [0.25, 0.3) is 0 Å². The fourth-order valence-corrected chi connectivity index (χ4v) is 2.35. The summed E-state index contributed by atoms with van der Waals surface area (Å²) in [7, 11) is 0. The molecule has 1 atom stereocenters. The summed E-state index contributed by atoms with van der Waals surface area (Å²) in [5.74, 6) is 0.603. The lowest BCUT2D eigenvalue weighted by molar-refractivity contribution is 0.0235. The van der Waals surface area contributed by atoms with Gasteiger partial charge in [0, 0.05) is 25.0 Å². The lowest BCUT2D eigenvalue weighted by Crippen LogP contribution is -2.42. The molecular weight excluding hydrogens is 268 g/mol. The highest BCUT2D eigenvalue weighted by Gasteiger charge is 2.32. The van der Waals surface area contributed by atoms with Crippen molar-refractivity contribution in [3.05, 3.63) is 18.0 Å². The molecule has 1 saturated heterocycles. The molecule has 1 aromatic rings. The van der Waals surface area contributed by atoms with E-state index in [1.165, 1.54) is 0 Å². The topological polar surface area (TPSA) is 67.4 Å². The van der Waals surface area contributed by atoms with E-state index in [4.69, 9.17) is 4.74 Å². The van der Waals surface area contributed by atoms with E-state index in [0.29, 0.717) is 12.5 Å². The summed E-state index contributed by atoms with van der Waals surface area (Å²) in [5.41, 5.74) is 0.458. The van der Waals surface area contributed by atoms with Gasteiger partial charge in [0.1, 0.15) is 5.60 Å². The lowest BCUT2D eigenvalue weighted by Gasteiger charge is -2.28. The molecule has 6 nitrogen and oxygen atoms in total. The van der Waals surface area contributed by atoms with Gasteiger partial charge in [-0.3, -0.25) is 0 Å². The fraction of sp³-hybridized carbons (Fsp3) is 0.667. The number of anilines is 1. The Morgan fingerprint density at radius 2 is 2.29 bits per heavy atom. The van der Waals surface area contributed by atoms with Crippen molar-refractivity contribution >= 4 is 12.0 Å². The number of ether oxygens (including phenoxy) is 1. The quantitative estimate of drug-likeness (QED) is 0.927. The zero-order chi connectivity index (χ0) is 15.5. The average Bonchev–Trinajstić information content (AvgIpc) is 2.83. The number of carbonyl (C=O) groups excluding carboxylic acids is 1. The zero-order valence-electron chi connectivity index (χ0n) is 13.2. The highest BCUT2D eigenvalue weighted by atomic mass is 16.6. The van der Waals surface area contributed by atoms with E-state index in [1.54, 1.807) is 11.1 Å². The van der Waals surface area contributed by atoms with Crippen LogP contribution in [0.15, 0.2) is 12.3 Å². The Hall–Kier alpha value is -1.85. The maximum atomic E-state index is 12.2. The molecule has 0 unspecified atom stereocenters. The standard InChI is InChI=1S/C15H24N4O2/c1-11-7-8-16-13(18-11)17-10-12-6-5-9-19(12)14(20)21-15(2,3)4/h7-8,12H,5-6,9-10H2,1-4H3,(H,16,17,18)/t12-/m1/s1. The van der Waals surface area contributed by atoms with E-state index < -0.39 is 5.60 Å². The Kier molecular flexibility index (Phi) is 4.65. The molecular formula is C15H24N4O2. The Morgan fingerprint density at radius 3 is 2.95 bits per heavy atom. The van der Waals surface area contributed by atoms with Gasteiger partial charge in [-0.1, -0.05) is 0 Å². The lowest BCUT2D eigenvalue weighted by atomic mass is 10.2. The van der Waals surface area contributed by atoms with Gasteiger partial charge in [0.15, 0.2) is 0 Å². The van der Waals surface area contributed by atoms with Gasteiger partial charge in [0.2, 0.25) is 5.95 Å². The number of amides is 1. The monoisotopic (exact) mass is 292 g/mol. The molecule has 0 spiro atoms.